The molecule has 2 amide bonds. The summed E-state index contributed by atoms with van der Waals surface area (Å²) in [6.07, 6.45) is 2.09. The number of carbonyl (C=O) groups excluding carboxylic acids is 2. The number of hydrogen-bond acceptors (Lipinski definition) is 4. The summed E-state index contributed by atoms with van der Waals surface area (Å²) in [5.41, 5.74) is 0. The maximum Gasteiger partial charge on any atom is 0.344 e. The van der Waals surface area contributed by atoms with E-state index in [1.807, 2.05) is 0 Å². The second-order valence-corrected chi connectivity index (χ2v) is 1.83. The molecule has 0 aliphatic heterocycles. The zero-order valence-electron chi connectivity index (χ0n) is 6.77. The van der Waals surface area contributed by atoms with E-state index in [1.165, 1.54) is 7.11 Å². The highest BCUT2D eigenvalue weighted by Gasteiger charge is 2.00. The summed E-state index contributed by atoms with van der Waals surface area (Å²) >= 11 is 0. The quantitative estimate of drug-likeness (QED) is 0.261. The topological polar surface area (TPSA) is 78.9 Å². The number of nitrogens with zero attached hydrogens (tertiary/aromatic N) is 1. The van der Waals surface area contributed by atoms with Gasteiger partial charge in [0.1, 0.15) is 0 Å². The Morgan fingerprint density at radius 3 is 2.58 bits per heavy atom. The van der Waals surface area contributed by atoms with Crippen molar-refractivity contribution in [2.45, 2.75) is 0 Å². The molecule has 0 heterocycles. The van der Waals surface area contributed by atoms with Crippen molar-refractivity contribution in [1.29, 1.82) is 0 Å². The number of hydroxylamine groups is 2. The van der Waals surface area contributed by atoms with Gasteiger partial charge in [0.05, 0.1) is 7.11 Å². The highest BCUT2D eigenvalue weighted by molar-refractivity contribution is 5.83. The lowest BCUT2D eigenvalue weighted by molar-refractivity contribution is -0.134. The Kier molecular flexibility index (Phi) is 4.47. The first kappa shape index (κ1) is 10.4. The van der Waals surface area contributed by atoms with Gasteiger partial charge in [-0.15, -0.1) is 0 Å². The van der Waals surface area contributed by atoms with E-state index in [9.17, 15) is 9.59 Å². The van der Waals surface area contributed by atoms with Crippen LogP contribution in [0.25, 0.3) is 0 Å². The van der Waals surface area contributed by atoms with Crippen molar-refractivity contribution in [1.82, 2.24) is 10.4 Å². The van der Waals surface area contributed by atoms with Gasteiger partial charge in [-0.25, -0.2) is 14.7 Å². The number of esters is 1. The predicted octanol–water partition coefficient (Wildman–Crippen LogP) is -0.296. The Bertz CT molecular complexity index is 200. The average Bonchev–Trinajstić information content (AvgIpc) is 2.03. The van der Waals surface area contributed by atoms with E-state index in [0.29, 0.717) is 5.06 Å². The third-order valence-corrected chi connectivity index (χ3v) is 0.921. The normalized spacial score (nSPS) is 9.58. The Morgan fingerprint density at radius 1 is 1.58 bits per heavy atom. The molecule has 0 aromatic rings. The lowest BCUT2D eigenvalue weighted by Crippen LogP contribution is -2.31. The third kappa shape index (κ3) is 4.29. The number of methoxy groups -OCH3 is 1. The monoisotopic (exact) mass is 174 g/mol. The Hall–Kier alpha value is -1.56. The van der Waals surface area contributed by atoms with Crippen molar-refractivity contribution in [3.8, 4) is 0 Å². The number of carbonyl (C=O) groups is 2. The highest BCUT2D eigenvalue weighted by atomic mass is 16.5. The summed E-state index contributed by atoms with van der Waals surface area (Å²) < 4.78 is 4.24. The number of nitrogens with one attached hydrogen (secondary N) is 1. The summed E-state index contributed by atoms with van der Waals surface area (Å²) in [4.78, 5) is 21.0. The van der Waals surface area contributed by atoms with Crippen LogP contribution in [-0.2, 0) is 9.53 Å². The molecule has 2 N–H and O–H groups in total. The van der Waals surface area contributed by atoms with Crippen LogP contribution in [0.15, 0.2) is 12.3 Å². The third-order valence-electron chi connectivity index (χ3n) is 0.921. The molecule has 0 aromatic heterocycles. The summed E-state index contributed by atoms with van der Waals surface area (Å²) in [7, 11) is 2.37. The fraction of sp³-hybridized carbons (Fsp3) is 0.333. The second kappa shape index (κ2) is 5.14. The lowest BCUT2D eigenvalue weighted by Gasteiger charge is -2.05. The van der Waals surface area contributed by atoms with E-state index in [0.717, 1.165) is 19.3 Å². The van der Waals surface area contributed by atoms with Crippen LogP contribution in [0, 0.1) is 0 Å². The van der Waals surface area contributed by atoms with E-state index in [2.05, 4.69) is 10.1 Å². The molecule has 0 atom stereocenters. The number of amides is 2. The van der Waals surface area contributed by atoms with Gasteiger partial charge in [-0.2, -0.15) is 0 Å². The Labute approximate surface area is 69.4 Å². The van der Waals surface area contributed by atoms with Crippen LogP contribution >= 0.6 is 0 Å². The average molecular weight is 174 g/mol. The summed E-state index contributed by atoms with van der Waals surface area (Å²) in [6, 6.07) is -0.741. The molecule has 0 fully saturated rings. The molecule has 0 unspecified atom stereocenters. The van der Waals surface area contributed by atoms with Gasteiger partial charge >= 0.3 is 12.0 Å². The van der Waals surface area contributed by atoms with Gasteiger partial charge in [0, 0.05) is 19.3 Å². The van der Waals surface area contributed by atoms with Crippen LogP contribution in [0.1, 0.15) is 0 Å². The minimum Gasteiger partial charge on any atom is -0.466 e. The van der Waals surface area contributed by atoms with E-state index in [4.69, 9.17) is 5.21 Å². The van der Waals surface area contributed by atoms with Crippen molar-refractivity contribution >= 4 is 12.0 Å². The van der Waals surface area contributed by atoms with Crippen molar-refractivity contribution in [3.05, 3.63) is 12.3 Å². The molecular formula is C6H10N2O4. The molecule has 6 nitrogen and oxygen atoms in total. The molecule has 0 spiro atoms. The maximum absolute atomic E-state index is 10.6. The molecule has 68 valence electrons. The van der Waals surface area contributed by atoms with Crippen LogP contribution in [0.5, 0.6) is 0 Å². The molecule has 0 radical (unpaired) electrons. The van der Waals surface area contributed by atoms with Crippen LogP contribution < -0.4 is 5.32 Å². The molecule has 0 rings (SSSR count). The zero-order valence-corrected chi connectivity index (χ0v) is 6.77. The second-order valence-electron chi connectivity index (χ2n) is 1.83. The van der Waals surface area contributed by atoms with Crippen molar-refractivity contribution in [2.75, 3.05) is 14.2 Å². The van der Waals surface area contributed by atoms with Crippen molar-refractivity contribution < 1.29 is 19.5 Å². The molecule has 0 aliphatic rings. The molecule has 0 saturated carbocycles. The molecule has 12 heavy (non-hydrogen) atoms. The Balaban J connectivity index is 3.75. The fourth-order valence-corrected chi connectivity index (χ4v) is 0.342. The summed E-state index contributed by atoms with van der Waals surface area (Å²) in [6.45, 7) is 0. The first-order valence-electron chi connectivity index (χ1n) is 3.05. The number of rotatable bonds is 2. The predicted molar refractivity (Wildman–Crippen MR) is 39.2 cm³/mol. The lowest BCUT2D eigenvalue weighted by atomic mass is 10.6. The number of urea groups is 1. The van der Waals surface area contributed by atoms with Gasteiger partial charge < -0.3 is 10.1 Å². The van der Waals surface area contributed by atoms with Crippen LogP contribution in [0.2, 0.25) is 0 Å². The first-order valence-corrected chi connectivity index (χ1v) is 3.05. The van der Waals surface area contributed by atoms with Crippen LogP contribution in [-0.4, -0.2) is 36.4 Å². The van der Waals surface area contributed by atoms with Crippen molar-refractivity contribution in [3.63, 3.8) is 0 Å². The van der Waals surface area contributed by atoms with E-state index in [-0.39, 0.29) is 0 Å². The largest absolute Gasteiger partial charge is 0.466 e. The standard InChI is InChI=1S/C6H10N2O4/c1-8(11)6(10)7-4-3-5(9)12-2/h3-4,11H,1-2H3,(H,7,10)/b4-3+. The van der Waals surface area contributed by atoms with Gasteiger partial charge in [0.25, 0.3) is 0 Å². The maximum atomic E-state index is 10.6. The van der Waals surface area contributed by atoms with Crippen LogP contribution in [0.3, 0.4) is 0 Å². The molecule has 0 bridgehead atoms. The summed E-state index contributed by atoms with van der Waals surface area (Å²) in [5, 5.41) is 11.0. The van der Waals surface area contributed by atoms with Gasteiger partial charge in [0.15, 0.2) is 0 Å². The van der Waals surface area contributed by atoms with Gasteiger partial charge in [-0.3, -0.25) is 5.21 Å². The van der Waals surface area contributed by atoms with E-state index in [1.54, 1.807) is 0 Å². The van der Waals surface area contributed by atoms with Crippen molar-refractivity contribution in [2.24, 2.45) is 0 Å². The Morgan fingerprint density at radius 2 is 2.17 bits per heavy atom. The molecule has 0 aliphatic carbocycles. The van der Waals surface area contributed by atoms with Gasteiger partial charge in [-0.1, -0.05) is 0 Å². The van der Waals surface area contributed by atoms with Crippen LogP contribution in [0.4, 0.5) is 4.79 Å². The smallest absolute Gasteiger partial charge is 0.344 e. The summed E-state index contributed by atoms with van der Waals surface area (Å²) in [5.74, 6) is -0.587. The fourth-order valence-electron chi connectivity index (χ4n) is 0.342. The zero-order chi connectivity index (χ0) is 9.56. The number of hydrogen-bond donors (Lipinski definition) is 2. The number of ether oxygens (including phenoxy) is 1. The SMILES string of the molecule is COC(=O)/C=C/NC(=O)N(C)O. The van der Waals surface area contributed by atoms with E-state index < -0.39 is 12.0 Å². The van der Waals surface area contributed by atoms with Gasteiger partial charge in [-0.05, 0) is 0 Å². The van der Waals surface area contributed by atoms with E-state index >= 15 is 0 Å². The minimum atomic E-state index is -0.741. The first-order chi connectivity index (χ1) is 5.57. The minimum absolute atomic E-state index is 0.349. The van der Waals surface area contributed by atoms with Gasteiger partial charge in [0.2, 0.25) is 0 Å². The molecule has 0 aromatic carbocycles. The molecule has 6 heteroatoms. The molecular weight excluding hydrogens is 164 g/mol. The molecule has 0 saturated heterocycles. The highest BCUT2D eigenvalue weighted by Crippen LogP contribution is 1.78.